The largest absolute Gasteiger partial charge is 0.536 e. The van der Waals surface area contributed by atoms with E-state index in [9.17, 15) is 4.57 Å². The van der Waals surface area contributed by atoms with E-state index in [-0.39, 0.29) is 13.2 Å². The lowest BCUT2D eigenvalue weighted by Crippen LogP contribution is -1.96. The van der Waals surface area contributed by atoms with E-state index in [1.165, 1.54) is 0 Å². The minimum atomic E-state index is -3.66. The molecular formula is C4H10N3O4P. The number of hydrogen-bond acceptors (Lipinski definition) is 5. The molecule has 0 aliphatic carbocycles. The van der Waals surface area contributed by atoms with Gasteiger partial charge in [0.1, 0.15) is 5.28 Å². The van der Waals surface area contributed by atoms with Gasteiger partial charge < -0.3 is 4.62 Å². The molecule has 0 saturated carbocycles. The average molecular weight is 195 g/mol. The minimum Gasteiger partial charge on any atom is -0.336 e. The third-order valence-electron chi connectivity index (χ3n) is 0.747. The quantitative estimate of drug-likeness (QED) is 0.214. The molecule has 0 spiro atoms. The Morgan fingerprint density at radius 2 is 1.92 bits per heavy atom. The zero-order valence-corrected chi connectivity index (χ0v) is 7.73. The van der Waals surface area contributed by atoms with Crippen molar-refractivity contribution in [2.45, 2.75) is 13.8 Å². The molecule has 0 unspecified atom stereocenters. The zero-order chi connectivity index (χ0) is 9.45. The maximum Gasteiger partial charge on any atom is 0.536 e. The molecule has 70 valence electrons. The predicted octanol–water partition coefficient (Wildman–Crippen LogP) is 2.41. The summed E-state index contributed by atoms with van der Waals surface area (Å²) in [5.41, 5.74) is 7.87. The van der Waals surface area contributed by atoms with Crippen molar-refractivity contribution >= 4 is 7.82 Å². The van der Waals surface area contributed by atoms with E-state index in [2.05, 4.69) is 23.9 Å². The van der Waals surface area contributed by atoms with Gasteiger partial charge in [-0.25, -0.2) is 4.57 Å². The molecule has 0 aliphatic rings. The van der Waals surface area contributed by atoms with E-state index in [0.29, 0.717) is 0 Å². The molecule has 0 bridgehead atoms. The van der Waals surface area contributed by atoms with Crippen molar-refractivity contribution in [2.75, 3.05) is 13.2 Å². The van der Waals surface area contributed by atoms with Crippen molar-refractivity contribution in [3.05, 3.63) is 10.4 Å². The molecule has 0 rings (SSSR count). The Bertz CT molecular complexity index is 204. The number of phosphoric acid groups is 1. The Morgan fingerprint density at radius 3 is 2.25 bits per heavy atom. The third-order valence-corrected chi connectivity index (χ3v) is 2.17. The van der Waals surface area contributed by atoms with Gasteiger partial charge in [-0.2, -0.15) is 0 Å². The van der Waals surface area contributed by atoms with Gasteiger partial charge in [-0.1, -0.05) is 0 Å². The Hall–Kier alpha value is -0.740. The van der Waals surface area contributed by atoms with E-state index in [1.54, 1.807) is 13.8 Å². The smallest absolute Gasteiger partial charge is 0.336 e. The van der Waals surface area contributed by atoms with Crippen LogP contribution in [0.25, 0.3) is 10.4 Å². The van der Waals surface area contributed by atoms with Gasteiger partial charge in [-0.3, -0.25) is 9.05 Å². The van der Waals surface area contributed by atoms with Crippen LogP contribution in [0.15, 0.2) is 5.28 Å². The molecule has 0 saturated heterocycles. The maximum absolute atomic E-state index is 11.2. The molecule has 0 aromatic carbocycles. The number of hydrogen-bond donors (Lipinski definition) is 0. The SMILES string of the molecule is CCOP(=O)(OCC)ON=[N+]=[N-]. The van der Waals surface area contributed by atoms with Crippen LogP contribution in [0.3, 0.4) is 0 Å². The van der Waals surface area contributed by atoms with Gasteiger partial charge in [0.25, 0.3) is 0 Å². The Morgan fingerprint density at radius 1 is 1.42 bits per heavy atom. The fraction of sp³-hybridized carbons (Fsp3) is 1.00. The van der Waals surface area contributed by atoms with Crippen LogP contribution in [0, 0.1) is 0 Å². The third kappa shape index (κ3) is 4.20. The van der Waals surface area contributed by atoms with Crippen molar-refractivity contribution in [2.24, 2.45) is 5.28 Å². The fourth-order valence-corrected chi connectivity index (χ4v) is 1.39. The van der Waals surface area contributed by atoms with Crippen LogP contribution in [0.2, 0.25) is 0 Å². The van der Waals surface area contributed by atoms with Crippen LogP contribution < -0.4 is 0 Å². The highest BCUT2D eigenvalue weighted by Gasteiger charge is 2.25. The monoisotopic (exact) mass is 195 g/mol. The summed E-state index contributed by atoms with van der Waals surface area (Å²) in [4.78, 5) is 2.26. The average Bonchev–Trinajstić information content (AvgIpc) is 2.02. The summed E-state index contributed by atoms with van der Waals surface area (Å²) in [5.74, 6) is 0. The number of nitrogens with zero attached hydrogens (tertiary/aromatic N) is 3. The molecule has 0 atom stereocenters. The first-order valence-electron chi connectivity index (χ1n) is 3.30. The summed E-state index contributed by atoms with van der Waals surface area (Å²) >= 11 is 0. The topological polar surface area (TPSA) is 93.5 Å². The molecule has 7 nitrogen and oxygen atoms in total. The van der Waals surface area contributed by atoms with Crippen molar-refractivity contribution in [3.63, 3.8) is 0 Å². The Labute approximate surface area is 69.8 Å². The van der Waals surface area contributed by atoms with Gasteiger partial charge >= 0.3 is 7.82 Å². The molecule has 0 aromatic heterocycles. The second-order valence-electron chi connectivity index (χ2n) is 1.54. The lowest BCUT2D eigenvalue weighted by Gasteiger charge is -2.11. The Balaban J connectivity index is 4.17. The van der Waals surface area contributed by atoms with Crippen LogP contribution in [0.1, 0.15) is 13.8 Å². The molecule has 0 radical (unpaired) electrons. The predicted molar refractivity (Wildman–Crippen MR) is 41.1 cm³/mol. The Kier molecular flexibility index (Phi) is 5.49. The van der Waals surface area contributed by atoms with Crippen molar-refractivity contribution in [1.29, 1.82) is 0 Å². The van der Waals surface area contributed by atoms with Gasteiger partial charge in [-0.05, 0) is 19.4 Å². The maximum atomic E-state index is 11.2. The first kappa shape index (κ1) is 11.3. The van der Waals surface area contributed by atoms with Crippen molar-refractivity contribution < 1.29 is 18.2 Å². The van der Waals surface area contributed by atoms with Crippen LogP contribution in [-0.2, 0) is 18.2 Å². The van der Waals surface area contributed by atoms with E-state index in [0.717, 1.165) is 0 Å². The molecule has 0 amide bonds. The van der Waals surface area contributed by atoms with Crippen molar-refractivity contribution in [1.82, 2.24) is 0 Å². The van der Waals surface area contributed by atoms with E-state index >= 15 is 0 Å². The highest BCUT2D eigenvalue weighted by atomic mass is 31.2. The zero-order valence-electron chi connectivity index (χ0n) is 6.84. The number of phosphoric ester groups is 1. The van der Waals surface area contributed by atoms with Crippen LogP contribution >= 0.6 is 7.82 Å². The van der Waals surface area contributed by atoms with Gasteiger partial charge in [0.2, 0.25) is 0 Å². The molecule has 12 heavy (non-hydrogen) atoms. The lowest BCUT2D eigenvalue weighted by molar-refractivity contribution is 0.123. The summed E-state index contributed by atoms with van der Waals surface area (Å²) in [5, 5.41) is 2.65. The summed E-state index contributed by atoms with van der Waals surface area (Å²) < 4.78 is 24.7. The summed E-state index contributed by atoms with van der Waals surface area (Å²) in [7, 11) is -3.66. The molecule has 0 aliphatic heterocycles. The van der Waals surface area contributed by atoms with Crippen LogP contribution in [0.5, 0.6) is 0 Å². The summed E-state index contributed by atoms with van der Waals surface area (Å²) in [6, 6.07) is 0. The molecular weight excluding hydrogens is 185 g/mol. The van der Waals surface area contributed by atoms with Gasteiger partial charge in [0.05, 0.1) is 13.2 Å². The van der Waals surface area contributed by atoms with E-state index < -0.39 is 7.82 Å². The molecule has 8 heteroatoms. The normalized spacial score (nSPS) is 10.5. The van der Waals surface area contributed by atoms with Crippen LogP contribution in [0.4, 0.5) is 0 Å². The highest BCUT2D eigenvalue weighted by molar-refractivity contribution is 7.48. The summed E-state index contributed by atoms with van der Waals surface area (Å²) in [6.07, 6.45) is 0. The first-order valence-corrected chi connectivity index (χ1v) is 4.77. The molecule has 0 fully saturated rings. The number of rotatable bonds is 6. The molecule has 0 aromatic rings. The van der Waals surface area contributed by atoms with Crippen LogP contribution in [-0.4, -0.2) is 13.2 Å². The van der Waals surface area contributed by atoms with Crippen molar-refractivity contribution in [3.8, 4) is 0 Å². The van der Waals surface area contributed by atoms with Gasteiger partial charge in [0, 0.05) is 4.91 Å². The number of azide groups is 1. The van der Waals surface area contributed by atoms with Gasteiger partial charge in [-0.15, -0.1) is 0 Å². The minimum absolute atomic E-state index is 0.151. The molecule has 0 N–H and O–H groups in total. The lowest BCUT2D eigenvalue weighted by atomic mass is 10.9. The standard InChI is InChI=1S/C4H10N3O4P/c1-3-9-12(8,10-4-2)11-7-6-5/h3-4H2,1-2H3. The van der Waals surface area contributed by atoms with E-state index in [1.807, 2.05) is 0 Å². The molecule has 0 heterocycles. The second kappa shape index (κ2) is 5.85. The van der Waals surface area contributed by atoms with E-state index in [4.69, 9.17) is 5.53 Å². The fourth-order valence-electron chi connectivity index (χ4n) is 0.462. The first-order chi connectivity index (χ1) is 5.68. The second-order valence-corrected chi connectivity index (χ2v) is 3.11. The summed E-state index contributed by atoms with van der Waals surface area (Å²) in [6.45, 7) is 3.53. The van der Waals surface area contributed by atoms with Gasteiger partial charge in [0.15, 0.2) is 0 Å². The highest BCUT2D eigenvalue weighted by Crippen LogP contribution is 2.49.